The SMILES string of the molecule is CN(C)S(=O)(=O)c1ccc(/C=C/C(=O)NC(C)(C)Cc2ccccc2Cl)cc1. The van der Waals surface area contributed by atoms with E-state index in [-0.39, 0.29) is 10.8 Å². The number of amides is 1. The van der Waals surface area contributed by atoms with Crippen LogP contribution in [0.2, 0.25) is 5.02 Å². The summed E-state index contributed by atoms with van der Waals surface area (Å²) in [7, 11) is -0.495. The monoisotopic (exact) mass is 420 g/mol. The van der Waals surface area contributed by atoms with Gasteiger partial charge in [-0.2, -0.15) is 0 Å². The Morgan fingerprint density at radius 3 is 2.29 bits per heavy atom. The van der Waals surface area contributed by atoms with Gasteiger partial charge in [0.25, 0.3) is 0 Å². The minimum Gasteiger partial charge on any atom is -0.347 e. The van der Waals surface area contributed by atoms with Gasteiger partial charge in [-0.25, -0.2) is 12.7 Å². The largest absolute Gasteiger partial charge is 0.347 e. The molecule has 2 aromatic carbocycles. The van der Waals surface area contributed by atoms with Crippen LogP contribution in [0.3, 0.4) is 0 Å². The molecule has 0 atom stereocenters. The fraction of sp³-hybridized carbons (Fsp3) is 0.286. The molecule has 0 aliphatic heterocycles. The molecule has 0 saturated carbocycles. The highest BCUT2D eigenvalue weighted by atomic mass is 35.5. The molecule has 7 heteroatoms. The average molecular weight is 421 g/mol. The summed E-state index contributed by atoms with van der Waals surface area (Å²) < 4.78 is 25.3. The van der Waals surface area contributed by atoms with Crippen molar-refractivity contribution in [3.05, 3.63) is 70.8 Å². The molecule has 0 heterocycles. The Labute approximate surface area is 172 Å². The highest BCUT2D eigenvalue weighted by Crippen LogP contribution is 2.21. The highest BCUT2D eigenvalue weighted by Gasteiger charge is 2.21. The van der Waals surface area contributed by atoms with Crippen molar-refractivity contribution in [1.82, 2.24) is 9.62 Å². The molecule has 0 aliphatic carbocycles. The van der Waals surface area contributed by atoms with Gasteiger partial charge in [0.2, 0.25) is 15.9 Å². The van der Waals surface area contributed by atoms with Gasteiger partial charge >= 0.3 is 0 Å². The molecule has 28 heavy (non-hydrogen) atoms. The number of nitrogens with one attached hydrogen (secondary N) is 1. The van der Waals surface area contributed by atoms with Crippen LogP contribution < -0.4 is 5.32 Å². The van der Waals surface area contributed by atoms with Crippen molar-refractivity contribution >= 4 is 33.6 Å². The van der Waals surface area contributed by atoms with Crippen molar-refractivity contribution in [3.63, 3.8) is 0 Å². The first-order chi connectivity index (χ1) is 13.0. The summed E-state index contributed by atoms with van der Waals surface area (Å²) in [4.78, 5) is 12.5. The topological polar surface area (TPSA) is 66.5 Å². The van der Waals surface area contributed by atoms with E-state index in [1.165, 1.54) is 32.3 Å². The Kier molecular flexibility index (Phi) is 7.04. The quantitative estimate of drug-likeness (QED) is 0.694. The van der Waals surface area contributed by atoms with E-state index in [0.717, 1.165) is 15.4 Å². The lowest BCUT2D eigenvalue weighted by Gasteiger charge is -2.26. The van der Waals surface area contributed by atoms with Crippen LogP contribution >= 0.6 is 11.6 Å². The molecule has 5 nitrogen and oxygen atoms in total. The van der Waals surface area contributed by atoms with Crippen molar-refractivity contribution in [1.29, 1.82) is 0 Å². The van der Waals surface area contributed by atoms with Crippen molar-refractivity contribution in [2.45, 2.75) is 30.7 Å². The van der Waals surface area contributed by atoms with Gasteiger partial charge in [-0.05, 0) is 55.7 Å². The van der Waals surface area contributed by atoms with Crippen LogP contribution in [0.25, 0.3) is 6.08 Å². The number of hydrogen-bond acceptors (Lipinski definition) is 3. The first-order valence-corrected chi connectivity index (χ1v) is 10.6. The molecule has 0 fully saturated rings. The van der Waals surface area contributed by atoms with Crippen molar-refractivity contribution in [3.8, 4) is 0 Å². The van der Waals surface area contributed by atoms with Crippen LogP contribution in [0.15, 0.2) is 59.5 Å². The van der Waals surface area contributed by atoms with Gasteiger partial charge in [-0.1, -0.05) is 41.9 Å². The Hall–Kier alpha value is -2.15. The second-order valence-corrected chi connectivity index (χ2v) is 9.89. The highest BCUT2D eigenvalue weighted by molar-refractivity contribution is 7.89. The molecule has 1 amide bonds. The lowest BCUT2D eigenvalue weighted by Crippen LogP contribution is -2.44. The predicted octanol–water partition coefficient (Wildman–Crippen LogP) is 3.74. The predicted molar refractivity (Wildman–Crippen MR) is 114 cm³/mol. The number of benzene rings is 2. The van der Waals surface area contributed by atoms with Crippen LogP contribution in [0, 0.1) is 0 Å². The first-order valence-electron chi connectivity index (χ1n) is 8.77. The second-order valence-electron chi connectivity index (χ2n) is 7.33. The molecular weight excluding hydrogens is 396 g/mol. The molecule has 2 aromatic rings. The van der Waals surface area contributed by atoms with E-state index >= 15 is 0 Å². The van der Waals surface area contributed by atoms with E-state index in [9.17, 15) is 13.2 Å². The normalized spacial score (nSPS) is 12.5. The number of sulfonamides is 1. The van der Waals surface area contributed by atoms with Crippen LogP contribution in [0.1, 0.15) is 25.0 Å². The molecule has 0 radical (unpaired) electrons. The number of nitrogens with zero attached hydrogens (tertiary/aromatic N) is 1. The smallest absolute Gasteiger partial charge is 0.244 e. The Bertz CT molecular complexity index is 965. The fourth-order valence-corrected chi connectivity index (χ4v) is 3.78. The third-order valence-corrected chi connectivity index (χ3v) is 6.34. The van der Waals surface area contributed by atoms with E-state index in [1.807, 2.05) is 38.1 Å². The number of carbonyl (C=O) groups is 1. The molecule has 150 valence electrons. The first kappa shape index (κ1) is 22.1. The molecule has 0 bridgehead atoms. The van der Waals surface area contributed by atoms with E-state index in [4.69, 9.17) is 11.6 Å². The molecule has 2 rings (SSSR count). The molecule has 0 aliphatic rings. The summed E-state index contributed by atoms with van der Waals surface area (Å²) in [6.45, 7) is 3.87. The maximum absolute atomic E-state index is 12.3. The van der Waals surface area contributed by atoms with E-state index in [0.29, 0.717) is 11.4 Å². The lowest BCUT2D eigenvalue weighted by molar-refractivity contribution is -0.117. The number of rotatable bonds is 7. The Balaban J connectivity index is 2.02. The van der Waals surface area contributed by atoms with E-state index in [1.54, 1.807) is 18.2 Å². The van der Waals surface area contributed by atoms with Crippen molar-refractivity contribution in [2.75, 3.05) is 14.1 Å². The third-order valence-electron chi connectivity index (χ3n) is 4.14. The molecule has 1 N–H and O–H groups in total. The summed E-state index contributed by atoms with van der Waals surface area (Å²) in [5.74, 6) is -0.234. The molecule has 0 spiro atoms. The van der Waals surface area contributed by atoms with Gasteiger partial charge in [0.1, 0.15) is 0 Å². The third kappa shape index (κ3) is 5.92. The van der Waals surface area contributed by atoms with Gasteiger partial charge in [-0.3, -0.25) is 4.79 Å². The van der Waals surface area contributed by atoms with E-state index < -0.39 is 15.6 Å². The molecule has 0 unspecified atom stereocenters. The van der Waals surface area contributed by atoms with Gasteiger partial charge in [0.15, 0.2) is 0 Å². The van der Waals surface area contributed by atoms with Crippen LogP contribution in [0.5, 0.6) is 0 Å². The summed E-state index contributed by atoms with van der Waals surface area (Å²) in [6.07, 6.45) is 3.68. The van der Waals surface area contributed by atoms with Crippen molar-refractivity contribution in [2.24, 2.45) is 0 Å². The average Bonchev–Trinajstić information content (AvgIpc) is 2.61. The van der Waals surface area contributed by atoms with E-state index in [2.05, 4.69) is 5.32 Å². The van der Waals surface area contributed by atoms with Gasteiger partial charge in [0.05, 0.1) is 4.90 Å². The van der Waals surface area contributed by atoms with Gasteiger partial charge in [0, 0.05) is 30.7 Å². The van der Waals surface area contributed by atoms with Gasteiger partial charge in [-0.15, -0.1) is 0 Å². The maximum atomic E-state index is 12.3. The molecule has 0 aromatic heterocycles. The lowest BCUT2D eigenvalue weighted by atomic mass is 9.95. The summed E-state index contributed by atoms with van der Waals surface area (Å²) in [6, 6.07) is 13.9. The summed E-state index contributed by atoms with van der Waals surface area (Å²) >= 11 is 6.20. The summed E-state index contributed by atoms with van der Waals surface area (Å²) in [5.41, 5.74) is 1.23. The van der Waals surface area contributed by atoms with Crippen LogP contribution in [-0.2, 0) is 21.2 Å². The van der Waals surface area contributed by atoms with Gasteiger partial charge < -0.3 is 5.32 Å². The van der Waals surface area contributed by atoms with Crippen LogP contribution in [0.4, 0.5) is 0 Å². The zero-order chi connectivity index (χ0) is 20.9. The van der Waals surface area contributed by atoms with Crippen molar-refractivity contribution < 1.29 is 13.2 Å². The zero-order valence-corrected chi connectivity index (χ0v) is 18.0. The fourth-order valence-electron chi connectivity index (χ4n) is 2.67. The Morgan fingerprint density at radius 2 is 1.71 bits per heavy atom. The number of halogens is 1. The maximum Gasteiger partial charge on any atom is 0.244 e. The molecule has 0 saturated heterocycles. The zero-order valence-electron chi connectivity index (χ0n) is 16.4. The minimum absolute atomic E-state index is 0.208. The second kappa shape index (κ2) is 8.90. The minimum atomic E-state index is -3.46. The summed E-state index contributed by atoms with van der Waals surface area (Å²) in [5, 5.41) is 3.64. The van der Waals surface area contributed by atoms with Crippen LogP contribution in [-0.4, -0.2) is 38.3 Å². The standard InChI is InChI=1S/C21H25ClN2O3S/c1-21(2,15-17-7-5-6-8-19(17)22)23-20(25)14-11-16-9-12-18(13-10-16)28(26,27)24(3)4/h5-14H,15H2,1-4H3,(H,23,25)/b14-11+. The Morgan fingerprint density at radius 1 is 1.11 bits per heavy atom. The number of carbonyl (C=O) groups excluding carboxylic acids is 1. The molecular formula is C21H25ClN2O3S. The number of hydrogen-bond donors (Lipinski definition) is 1.